The first-order chi connectivity index (χ1) is 15.0. The number of carbonyl (C=O) groups is 2. The molecule has 1 N–H and O–H groups in total. The van der Waals surface area contributed by atoms with Gasteiger partial charge < -0.3 is 14.7 Å². The summed E-state index contributed by atoms with van der Waals surface area (Å²) in [5, 5.41) is 9.74. The standard InChI is InChI=1S/C23H24ClN3O4/c1-31-19-5-3-2-4-18(19)20-21(26-12-10-25(11-13-26)14-15-28)23(30)27(22(20)29)17-8-6-16(24)7-9-17/h2-9,28H,10-15H2,1H3. The molecule has 4 rings (SSSR count). The second-order valence-corrected chi connectivity index (χ2v) is 7.83. The number of anilines is 1. The Bertz CT molecular complexity index is 1010. The molecule has 2 aliphatic heterocycles. The number of nitrogens with zero attached hydrogens (tertiary/aromatic N) is 3. The van der Waals surface area contributed by atoms with E-state index >= 15 is 0 Å². The van der Waals surface area contributed by atoms with E-state index in [2.05, 4.69) is 4.90 Å². The summed E-state index contributed by atoms with van der Waals surface area (Å²) in [6.07, 6.45) is 0. The lowest BCUT2D eigenvalue weighted by Crippen LogP contribution is -2.48. The normalized spacial score (nSPS) is 17.6. The Balaban J connectivity index is 1.77. The Kier molecular flexibility index (Phi) is 6.27. The SMILES string of the molecule is COc1ccccc1C1=C(N2CCN(CCO)CC2)C(=O)N(c2ccc(Cl)cc2)C1=O. The van der Waals surface area contributed by atoms with Crippen LogP contribution in [-0.2, 0) is 9.59 Å². The van der Waals surface area contributed by atoms with E-state index in [-0.39, 0.29) is 18.4 Å². The smallest absolute Gasteiger partial charge is 0.282 e. The summed E-state index contributed by atoms with van der Waals surface area (Å²) >= 11 is 6.00. The number of amides is 2. The van der Waals surface area contributed by atoms with Gasteiger partial charge >= 0.3 is 0 Å². The minimum atomic E-state index is -0.385. The van der Waals surface area contributed by atoms with Gasteiger partial charge in [-0.1, -0.05) is 29.8 Å². The van der Waals surface area contributed by atoms with E-state index in [0.717, 1.165) is 0 Å². The Morgan fingerprint density at radius 2 is 1.65 bits per heavy atom. The van der Waals surface area contributed by atoms with Crippen LogP contribution in [0.4, 0.5) is 5.69 Å². The summed E-state index contributed by atoms with van der Waals surface area (Å²) in [5.41, 5.74) is 1.79. The van der Waals surface area contributed by atoms with Gasteiger partial charge in [0, 0.05) is 43.3 Å². The topological polar surface area (TPSA) is 73.3 Å². The van der Waals surface area contributed by atoms with Gasteiger partial charge in [0.1, 0.15) is 11.4 Å². The fraction of sp³-hybridized carbons (Fsp3) is 0.304. The molecule has 0 aliphatic carbocycles. The van der Waals surface area contributed by atoms with Crippen molar-refractivity contribution in [3.8, 4) is 5.75 Å². The summed E-state index contributed by atoms with van der Waals surface area (Å²) in [6.45, 7) is 3.26. The highest BCUT2D eigenvalue weighted by atomic mass is 35.5. The van der Waals surface area contributed by atoms with Gasteiger partial charge in [-0.05, 0) is 30.3 Å². The third-order valence-corrected chi connectivity index (χ3v) is 5.88. The molecule has 0 unspecified atom stereocenters. The number of β-amino-alcohol motifs (C(OH)–C–C–N with tert-alkyl or cyclic N) is 1. The molecule has 2 aromatic rings. The first-order valence-electron chi connectivity index (χ1n) is 10.2. The van der Waals surface area contributed by atoms with E-state index in [0.29, 0.717) is 66.0 Å². The number of piperazine rings is 1. The summed E-state index contributed by atoms with van der Waals surface area (Å²) < 4.78 is 5.49. The van der Waals surface area contributed by atoms with Crippen molar-refractivity contribution in [3.05, 3.63) is 64.8 Å². The van der Waals surface area contributed by atoms with Crippen molar-refractivity contribution in [2.24, 2.45) is 0 Å². The van der Waals surface area contributed by atoms with Crippen molar-refractivity contribution in [2.45, 2.75) is 0 Å². The third-order valence-electron chi connectivity index (χ3n) is 5.63. The molecule has 2 heterocycles. The fourth-order valence-electron chi connectivity index (χ4n) is 4.07. The molecule has 0 atom stereocenters. The Morgan fingerprint density at radius 1 is 0.968 bits per heavy atom. The van der Waals surface area contributed by atoms with Crippen LogP contribution in [0.5, 0.6) is 5.75 Å². The van der Waals surface area contributed by atoms with E-state index in [4.69, 9.17) is 16.3 Å². The summed E-state index contributed by atoms with van der Waals surface area (Å²) in [4.78, 5) is 32.5. The van der Waals surface area contributed by atoms with Crippen LogP contribution in [0.1, 0.15) is 5.56 Å². The number of hydrogen-bond donors (Lipinski definition) is 1. The quantitative estimate of drug-likeness (QED) is 0.693. The number of halogens is 1. The maximum absolute atomic E-state index is 13.6. The predicted octanol–water partition coefficient (Wildman–Crippen LogP) is 2.24. The summed E-state index contributed by atoms with van der Waals surface area (Å²) in [5.74, 6) is -0.207. The number of imide groups is 1. The van der Waals surface area contributed by atoms with Gasteiger partial charge in [0.25, 0.3) is 11.8 Å². The lowest BCUT2D eigenvalue weighted by Gasteiger charge is -2.36. The fourth-order valence-corrected chi connectivity index (χ4v) is 4.19. The average molecular weight is 442 g/mol. The lowest BCUT2D eigenvalue weighted by molar-refractivity contribution is -0.120. The van der Waals surface area contributed by atoms with Crippen molar-refractivity contribution in [2.75, 3.05) is 51.3 Å². The van der Waals surface area contributed by atoms with E-state index in [1.54, 1.807) is 43.5 Å². The Labute approximate surface area is 186 Å². The van der Waals surface area contributed by atoms with E-state index in [9.17, 15) is 14.7 Å². The zero-order chi connectivity index (χ0) is 22.0. The van der Waals surface area contributed by atoms with Gasteiger partial charge in [0.15, 0.2) is 0 Å². The zero-order valence-corrected chi connectivity index (χ0v) is 18.0. The second kappa shape index (κ2) is 9.09. The number of hydrogen-bond acceptors (Lipinski definition) is 6. The number of para-hydroxylation sites is 1. The van der Waals surface area contributed by atoms with Crippen LogP contribution < -0.4 is 9.64 Å². The van der Waals surface area contributed by atoms with Crippen LogP contribution in [0.25, 0.3) is 5.57 Å². The maximum Gasteiger partial charge on any atom is 0.282 e. The second-order valence-electron chi connectivity index (χ2n) is 7.40. The molecule has 0 radical (unpaired) electrons. The number of ether oxygens (including phenoxy) is 1. The molecule has 1 fully saturated rings. The molecule has 2 aromatic carbocycles. The monoisotopic (exact) mass is 441 g/mol. The summed E-state index contributed by atoms with van der Waals surface area (Å²) in [7, 11) is 1.55. The number of methoxy groups -OCH3 is 1. The van der Waals surface area contributed by atoms with Crippen LogP contribution in [0.15, 0.2) is 54.2 Å². The van der Waals surface area contributed by atoms with Gasteiger partial charge in [-0.25, -0.2) is 4.90 Å². The van der Waals surface area contributed by atoms with E-state index < -0.39 is 0 Å². The zero-order valence-electron chi connectivity index (χ0n) is 17.3. The van der Waals surface area contributed by atoms with Crippen LogP contribution in [0, 0.1) is 0 Å². The van der Waals surface area contributed by atoms with Crippen molar-refractivity contribution in [1.29, 1.82) is 0 Å². The highest BCUT2D eigenvalue weighted by molar-refractivity contribution is 6.45. The molecule has 7 nitrogen and oxygen atoms in total. The molecular formula is C23H24ClN3O4. The molecule has 0 spiro atoms. The number of aliphatic hydroxyl groups is 1. The molecule has 2 aliphatic rings. The molecule has 1 saturated heterocycles. The van der Waals surface area contributed by atoms with Gasteiger partial charge in [0.05, 0.1) is 25.0 Å². The van der Waals surface area contributed by atoms with Crippen molar-refractivity contribution < 1.29 is 19.4 Å². The van der Waals surface area contributed by atoms with Crippen LogP contribution in [0.2, 0.25) is 5.02 Å². The highest BCUT2D eigenvalue weighted by Gasteiger charge is 2.43. The molecule has 0 saturated carbocycles. The molecule has 31 heavy (non-hydrogen) atoms. The Morgan fingerprint density at radius 3 is 2.29 bits per heavy atom. The minimum absolute atomic E-state index is 0.0942. The van der Waals surface area contributed by atoms with Gasteiger partial charge in [-0.2, -0.15) is 0 Å². The van der Waals surface area contributed by atoms with Gasteiger partial charge in [-0.3, -0.25) is 14.5 Å². The van der Waals surface area contributed by atoms with Crippen molar-refractivity contribution >= 4 is 34.7 Å². The molecule has 0 bridgehead atoms. The number of aliphatic hydroxyl groups excluding tert-OH is 1. The highest BCUT2D eigenvalue weighted by Crippen LogP contribution is 2.38. The molecule has 2 amide bonds. The van der Waals surface area contributed by atoms with Gasteiger partial charge in [-0.15, -0.1) is 0 Å². The van der Waals surface area contributed by atoms with E-state index in [1.807, 2.05) is 17.0 Å². The molecule has 162 valence electrons. The predicted molar refractivity (Wildman–Crippen MR) is 119 cm³/mol. The molecular weight excluding hydrogens is 418 g/mol. The lowest BCUT2D eigenvalue weighted by atomic mass is 10.0. The van der Waals surface area contributed by atoms with Crippen LogP contribution >= 0.6 is 11.6 Å². The van der Waals surface area contributed by atoms with Crippen LogP contribution in [-0.4, -0.2) is 73.2 Å². The Hall–Kier alpha value is -2.87. The van der Waals surface area contributed by atoms with Crippen molar-refractivity contribution in [1.82, 2.24) is 9.80 Å². The number of carbonyl (C=O) groups excluding carboxylic acids is 2. The largest absolute Gasteiger partial charge is 0.496 e. The van der Waals surface area contributed by atoms with E-state index in [1.165, 1.54) is 4.90 Å². The first kappa shape index (κ1) is 21.4. The minimum Gasteiger partial charge on any atom is -0.496 e. The third kappa shape index (κ3) is 4.04. The van der Waals surface area contributed by atoms with Crippen molar-refractivity contribution in [3.63, 3.8) is 0 Å². The molecule has 0 aromatic heterocycles. The van der Waals surface area contributed by atoms with Gasteiger partial charge in [0.2, 0.25) is 0 Å². The number of rotatable bonds is 6. The summed E-state index contributed by atoms with van der Waals surface area (Å²) in [6, 6.07) is 13.9. The first-order valence-corrected chi connectivity index (χ1v) is 10.5. The molecule has 8 heteroatoms. The van der Waals surface area contributed by atoms with Crippen LogP contribution in [0.3, 0.4) is 0 Å². The maximum atomic E-state index is 13.6. The number of benzene rings is 2. The average Bonchev–Trinajstić information content (AvgIpc) is 3.05.